The summed E-state index contributed by atoms with van der Waals surface area (Å²) >= 11 is 0. The first-order valence-electron chi connectivity index (χ1n) is 5.38. The van der Waals surface area contributed by atoms with E-state index in [9.17, 15) is 13.9 Å². The number of carboxylic acid groups (broad SMARTS) is 1. The SMILES string of the molecule is CC(C)C[C@@H](C(=O)O)N(CP(=O)(O)O)CP(=O)(O)O. The van der Waals surface area contributed by atoms with E-state index < -0.39 is 39.8 Å². The zero-order valence-electron chi connectivity index (χ0n) is 10.6. The van der Waals surface area contributed by atoms with Gasteiger partial charge >= 0.3 is 21.2 Å². The van der Waals surface area contributed by atoms with E-state index in [-0.39, 0.29) is 12.3 Å². The molecule has 0 radical (unpaired) electrons. The lowest BCUT2D eigenvalue weighted by molar-refractivity contribution is -0.143. The van der Waals surface area contributed by atoms with Gasteiger partial charge in [0.05, 0.1) is 0 Å². The molecule has 5 N–H and O–H groups in total. The van der Waals surface area contributed by atoms with Gasteiger partial charge in [-0.1, -0.05) is 13.8 Å². The zero-order valence-corrected chi connectivity index (χ0v) is 12.4. The average molecular weight is 319 g/mol. The molecule has 0 aliphatic rings. The molecule has 0 fully saturated rings. The molecule has 9 nitrogen and oxygen atoms in total. The Bertz CT molecular complexity index is 376. The van der Waals surface area contributed by atoms with Crippen LogP contribution in [0.5, 0.6) is 0 Å². The molecule has 0 spiro atoms. The van der Waals surface area contributed by atoms with E-state index in [0.717, 1.165) is 0 Å². The number of hydrogen-bond acceptors (Lipinski definition) is 4. The van der Waals surface area contributed by atoms with E-state index in [1.54, 1.807) is 13.8 Å². The monoisotopic (exact) mass is 319 g/mol. The fraction of sp³-hybridized carbons (Fsp3) is 0.875. The van der Waals surface area contributed by atoms with Gasteiger partial charge in [0.2, 0.25) is 0 Å². The molecule has 0 rings (SSSR count). The molecule has 1 atom stereocenters. The van der Waals surface area contributed by atoms with Crippen molar-refractivity contribution < 1.29 is 38.6 Å². The van der Waals surface area contributed by atoms with Gasteiger partial charge in [0.25, 0.3) is 0 Å². The predicted molar refractivity (Wildman–Crippen MR) is 66.5 cm³/mol. The Hall–Kier alpha value is -0.270. The number of carboxylic acids is 1. The molecule has 0 amide bonds. The molecule has 0 aromatic rings. The highest BCUT2D eigenvalue weighted by Crippen LogP contribution is 2.42. The molecule has 0 saturated heterocycles. The highest BCUT2D eigenvalue weighted by atomic mass is 31.2. The lowest BCUT2D eigenvalue weighted by atomic mass is 10.0. The van der Waals surface area contributed by atoms with Crippen molar-refractivity contribution in [1.82, 2.24) is 4.90 Å². The van der Waals surface area contributed by atoms with E-state index >= 15 is 0 Å². The second-order valence-electron chi connectivity index (χ2n) is 4.68. The maximum atomic E-state index is 11.1. The number of aliphatic carboxylic acids is 1. The lowest BCUT2D eigenvalue weighted by Crippen LogP contribution is -2.43. The molecule has 11 heteroatoms. The molecule has 0 aliphatic heterocycles. The van der Waals surface area contributed by atoms with Gasteiger partial charge in [0, 0.05) is 0 Å². The Morgan fingerprint density at radius 2 is 1.42 bits per heavy atom. The molecule has 114 valence electrons. The summed E-state index contributed by atoms with van der Waals surface area (Å²) in [7, 11) is -9.25. The molecule has 0 saturated carbocycles. The molecule has 0 aliphatic carbocycles. The van der Waals surface area contributed by atoms with Gasteiger partial charge in [-0.2, -0.15) is 0 Å². The summed E-state index contributed by atoms with van der Waals surface area (Å²) in [4.78, 5) is 47.2. The van der Waals surface area contributed by atoms with E-state index in [1.807, 2.05) is 0 Å². The minimum Gasteiger partial charge on any atom is -0.480 e. The van der Waals surface area contributed by atoms with E-state index in [0.29, 0.717) is 4.90 Å². The summed E-state index contributed by atoms with van der Waals surface area (Å²) < 4.78 is 21.9. The van der Waals surface area contributed by atoms with E-state index in [1.165, 1.54) is 0 Å². The Labute approximate surface area is 110 Å². The van der Waals surface area contributed by atoms with Gasteiger partial charge in [-0.3, -0.25) is 18.8 Å². The maximum absolute atomic E-state index is 11.1. The second-order valence-corrected chi connectivity index (χ2v) is 7.91. The smallest absolute Gasteiger partial charge is 0.339 e. The first-order chi connectivity index (χ1) is 8.32. The van der Waals surface area contributed by atoms with Crippen LogP contribution < -0.4 is 0 Å². The Morgan fingerprint density at radius 3 is 1.63 bits per heavy atom. The van der Waals surface area contributed by atoms with Gasteiger partial charge < -0.3 is 24.7 Å². The Morgan fingerprint density at radius 1 is 1.05 bits per heavy atom. The first-order valence-corrected chi connectivity index (χ1v) is 8.97. The summed E-state index contributed by atoms with van der Waals surface area (Å²) in [5.74, 6) is -1.49. The van der Waals surface area contributed by atoms with E-state index in [4.69, 9.17) is 24.7 Å². The third-order valence-corrected chi connectivity index (χ3v) is 3.62. The topological polar surface area (TPSA) is 156 Å². The van der Waals surface area contributed by atoms with Crippen LogP contribution in [0.3, 0.4) is 0 Å². The van der Waals surface area contributed by atoms with Crippen LogP contribution in [0.25, 0.3) is 0 Å². The minimum absolute atomic E-state index is 0.0231. The largest absolute Gasteiger partial charge is 0.480 e. The van der Waals surface area contributed by atoms with Crippen molar-refractivity contribution in [3.63, 3.8) is 0 Å². The maximum Gasteiger partial charge on any atom is 0.339 e. The second kappa shape index (κ2) is 6.95. The summed E-state index contributed by atoms with van der Waals surface area (Å²) in [6.07, 6.45) is -2.00. The molecule has 0 aromatic heterocycles. The van der Waals surface area contributed by atoms with Gasteiger partial charge in [-0.15, -0.1) is 0 Å². The third-order valence-electron chi connectivity index (χ3n) is 2.15. The molecule has 19 heavy (non-hydrogen) atoms. The Balaban J connectivity index is 5.21. The fourth-order valence-electron chi connectivity index (χ4n) is 1.57. The van der Waals surface area contributed by atoms with Gasteiger partial charge in [-0.05, 0) is 12.3 Å². The van der Waals surface area contributed by atoms with Gasteiger partial charge in [0.15, 0.2) is 0 Å². The Kier molecular flexibility index (Phi) is 6.85. The van der Waals surface area contributed by atoms with Crippen molar-refractivity contribution in [2.24, 2.45) is 5.92 Å². The quantitative estimate of drug-likeness (QED) is 0.390. The number of nitrogens with zero attached hydrogens (tertiary/aromatic N) is 1. The molecule has 0 unspecified atom stereocenters. The molecule has 0 bridgehead atoms. The van der Waals surface area contributed by atoms with Crippen molar-refractivity contribution in [3.8, 4) is 0 Å². The minimum atomic E-state index is -4.63. The van der Waals surface area contributed by atoms with E-state index in [2.05, 4.69) is 0 Å². The summed E-state index contributed by atoms with van der Waals surface area (Å²) in [6, 6.07) is -1.36. The average Bonchev–Trinajstić information content (AvgIpc) is 2.07. The number of carbonyl (C=O) groups is 1. The van der Waals surface area contributed by atoms with Crippen molar-refractivity contribution in [1.29, 1.82) is 0 Å². The number of hydrogen-bond donors (Lipinski definition) is 5. The molecular weight excluding hydrogens is 300 g/mol. The van der Waals surface area contributed by atoms with Crippen LogP contribution >= 0.6 is 15.2 Å². The first kappa shape index (κ1) is 18.7. The van der Waals surface area contributed by atoms with Gasteiger partial charge in [0.1, 0.15) is 18.6 Å². The van der Waals surface area contributed by atoms with Crippen molar-refractivity contribution >= 4 is 21.2 Å². The number of rotatable bonds is 8. The highest BCUT2D eigenvalue weighted by Gasteiger charge is 2.35. The molecule has 0 aromatic carbocycles. The summed E-state index contributed by atoms with van der Waals surface area (Å²) in [5, 5.41) is 9.04. The zero-order chi connectivity index (χ0) is 15.4. The normalized spacial score (nSPS) is 14.9. The standard InChI is InChI=1S/C8H19NO8P2/c1-6(2)3-7(8(10)11)9(4-18(12,13)14)5-19(15,16)17/h6-7H,3-5H2,1-2H3,(H,10,11)(H2,12,13,14)(H2,15,16,17)/t7-/m0/s1. The summed E-state index contributed by atoms with van der Waals surface area (Å²) in [5.41, 5.74) is 0. The van der Waals surface area contributed by atoms with Crippen LogP contribution in [0.15, 0.2) is 0 Å². The molecule has 0 heterocycles. The van der Waals surface area contributed by atoms with Crippen LogP contribution in [0, 0.1) is 5.92 Å². The third kappa shape index (κ3) is 9.29. The van der Waals surface area contributed by atoms with Crippen LogP contribution in [-0.4, -0.2) is 54.2 Å². The fourth-order valence-corrected chi connectivity index (χ4v) is 3.27. The van der Waals surface area contributed by atoms with Crippen molar-refractivity contribution in [3.05, 3.63) is 0 Å². The van der Waals surface area contributed by atoms with Crippen molar-refractivity contribution in [2.75, 3.05) is 12.6 Å². The summed E-state index contributed by atoms with van der Waals surface area (Å²) in [6.45, 7) is 3.40. The van der Waals surface area contributed by atoms with Gasteiger partial charge in [-0.25, -0.2) is 0 Å². The van der Waals surface area contributed by atoms with Crippen LogP contribution in [-0.2, 0) is 13.9 Å². The molecular formula is C8H19NO8P2. The lowest BCUT2D eigenvalue weighted by Gasteiger charge is -2.29. The van der Waals surface area contributed by atoms with Crippen LogP contribution in [0.2, 0.25) is 0 Å². The van der Waals surface area contributed by atoms with Crippen LogP contribution in [0.1, 0.15) is 20.3 Å². The highest BCUT2D eigenvalue weighted by molar-refractivity contribution is 7.52. The predicted octanol–water partition coefficient (Wildman–Crippen LogP) is 0.0581. The van der Waals surface area contributed by atoms with Crippen LogP contribution in [0.4, 0.5) is 0 Å². The van der Waals surface area contributed by atoms with Crippen molar-refractivity contribution in [2.45, 2.75) is 26.3 Å².